The van der Waals surface area contributed by atoms with Gasteiger partial charge < -0.3 is 10.2 Å². The first-order chi connectivity index (χ1) is 11.0. The van der Waals surface area contributed by atoms with Crippen LogP contribution >= 0.6 is 11.8 Å². The van der Waals surface area contributed by atoms with Crippen LogP contribution in [0.5, 0.6) is 0 Å². The number of halogens is 1. The first-order valence-corrected chi connectivity index (χ1v) is 8.61. The van der Waals surface area contributed by atoms with Crippen LogP contribution in [0, 0.1) is 19.7 Å². The fraction of sp³-hybridized carbons (Fsp3) is 0.278. The van der Waals surface area contributed by atoms with E-state index in [1.54, 1.807) is 22.7 Å². The second-order valence-electron chi connectivity index (χ2n) is 5.72. The Morgan fingerprint density at radius 2 is 2.09 bits per heavy atom. The Balaban J connectivity index is 1.78. The van der Waals surface area contributed by atoms with Crippen LogP contribution in [-0.4, -0.2) is 23.2 Å². The van der Waals surface area contributed by atoms with Crippen molar-refractivity contribution in [1.82, 2.24) is 4.90 Å². The van der Waals surface area contributed by atoms with Crippen LogP contribution in [0.2, 0.25) is 0 Å². The van der Waals surface area contributed by atoms with Gasteiger partial charge in [-0.15, -0.1) is 11.8 Å². The van der Waals surface area contributed by atoms with Crippen molar-refractivity contribution in [3.63, 3.8) is 0 Å². The number of thioether (sulfide) groups is 1. The summed E-state index contributed by atoms with van der Waals surface area (Å²) in [5.74, 6) is 0.575. The number of hydrogen-bond acceptors (Lipinski definition) is 2. The number of rotatable bonds is 2. The van der Waals surface area contributed by atoms with Gasteiger partial charge in [-0.3, -0.25) is 0 Å². The monoisotopic (exact) mass is 330 g/mol. The molecule has 1 atom stereocenters. The van der Waals surface area contributed by atoms with Gasteiger partial charge in [0.15, 0.2) is 0 Å². The van der Waals surface area contributed by atoms with Gasteiger partial charge >= 0.3 is 6.03 Å². The zero-order chi connectivity index (χ0) is 16.4. The minimum Gasteiger partial charge on any atom is -0.308 e. The number of nitrogens with zero attached hydrogens (tertiary/aromatic N) is 1. The van der Waals surface area contributed by atoms with Gasteiger partial charge in [0.2, 0.25) is 0 Å². The number of carbonyl (C=O) groups is 1. The molecule has 0 aromatic heterocycles. The molecular weight excluding hydrogens is 311 g/mol. The summed E-state index contributed by atoms with van der Waals surface area (Å²) in [5.41, 5.74) is 3.83. The highest BCUT2D eigenvalue weighted by Crippen LogP contribution is 2.38. The molecule has 120 valence electrons. The molecule has 1 aliphatic rings. The molecule has 5 heteroatoms. The normalized spacial score (nSPS) is 17.3. The molecule has 0 unspecified atom stereocenters. The Hall–Kier alpha value is -2.01. The lowest BCUT2D eigenvalue weighted by molar-refractivity contribution is 0.214. The third-order valence-corrected chi connectivity index (χ3v) is 5.17. The predicted molar refractivity (Wildman–Crippen MR) is 93.2 cm³/mol. The Bertz CT molecular complexity index is 735. The number of benzene rings is 2. The van der Waals surface area contributed by atoms with E-state index in [0.29, 0.717) is 6.54 Å². The third-order valence-electron chi connectivity index (χ3n) is 3.91. The van der Waals surface area contributed by atoms with Crippen LogP contribution < -0.4 is 5.32 Å². The zero-order valence-electron chi connectivity index (χ0n) is 13.2. The lowest BCUT2D eigenvalue weighted by atomic mass is 10.1. The van der Waals surface area contributed by atoms with Gasteiger partial charge in [-0.1, -0.05) is 29.8 Å². The highest BCUT2D eigenvalue weighted by atomic mass is 32.2. The molecule has 2 amide bonds. The molecule has 1 saturated heterocycles. The summed E-state index contributed by atoms with van der Waals surface area (Å²) in [4.78, 5) is 14.4. The van der Waals surface area contributed by atoms with E-state index in [1.807, 2.05) is 38.1 Å². The molecule has 0 bridgehead atoms. The number of nitrogens with one attached hydrogen (secondary N) is 1. The molecule has 1 N–H and O–H groups in total. The van der Waals surface area contributed by atoms with Crippen LogP contribution in [0.4, 0.5) is 14.9 Å². The van der Waals surface area contributed by atoms with Crippen molar-refractivity contribution >= 4 is 23.5 Å². The summed E-state index contributed by atoms with van der Waals surface area (Å²) in [6.07, 6.45) is 0. The van der Waals surface area contributed by atoms with Gasteiger partial charge in [-0.25, -0.2) is 9.18 Å². The minimum atomic E-state index is -0.273. The number of aryl methyl sites for hydroxylation is 2. The van der Waals surface area contributed by atoms with E-state index in [2.05, 4.69) is 5.32 Å². The maximum atomic E-state index is 13.5. The van der Waals surface area contributed by atoms with Crippen LogP contribution in [-0.2, 0) is 0 Å². The largest absolute Gasteiger partial charge is 0.323 e. The molecule has 1 heterocycles. The highest BCUT2D eigenvalue weighted by molar-refractivity contribution is 7.99. The lowest BCUT2D eigenvalue weighted by Crippen LogP contribution is -2.34. The summed E-state index contributed by atoms with van der Waals surface area (Å²) >= 11 is 1.66. The fourth-order valence-electron chi connectivity index (χ4n) is 2.76. The maximum Gasteiger partial charge on any atom is 0.323 e. The smallest absolute Gasteiger partial charge is 0.308 e. The molecule has 1 fully saturated rings. The molecule has 2 aromatic carbocycles. The molecule has 0 saturated carbocycles. The SMILES string of the molecule is Cc1ccc(NC(=O)N2CCS[C@H]2c2cccc(F)c2)c(C)c1. The van der Waals surface area contributed by atoms with Gasteiger partial charge in [-0.2, -0.15) is 0 Å². The second-order valence-corrected chi connectivity index (χ2v) is 6.91. The standard InChI is InChI=1S/C18H19FN2OS/c1-12-6-7-16(13(2)10-12)20-18(22)21-8-9-23-17(21)14-4-3-5-15(19)11-14/h3-7,10-11,17H,8-9H2,1-2H3,(H,20,22)/t17-/m0/s1. The van der Waals surface area contributed by atoms with E-state index in [4.69, 9.17) is 0 Å². The molecule has 0 spiro atoms. The molecule has 23 heavy (non-hydrogen) atoms. The van der Waals surface area contributed by atoms with Gasteiger partial charge in [0.05, 0.1) is 0 Å². The van der Waals surface area contributed by atoms with Gasteiger partial charge in [-0.05, 0) is 43.2 Å². The van der Waals surface area contributed by atoms with E-state index in [1.165, 1.54) is 12.1 Å². The highest BCUT2D eigenvalue weighted by Gasteiger charge is 2.31. The number of amides is 2. The van der Waals surface area contributed by atoms with Crippen molar-refractivity contribution in [2.45, 2.75) is 19.2 Å². The van der Waals surface area contributed by atoms with Crippen molar-refractivity contribution < 1.29 is 9.18 Å². The lowest BCUT2D eigenvalue weighted by Gasteiger charge is -2.25. The summed E-state index contributed by atoms with van der Waals surface area (Å²) in [5, 5.41) is 2.83. The summed E-state index contributed by atoms with van der Waals surface area (Å²) in [6.45, 7) is 4.66. The molecule has 0 radical (unpaired) electrons. The van der Waals surface area contributed by atoms with Crippen molar-refractivity contribution in [3.05, 3.63) is 65.0 Å². The maximum absolute atomic E-state index is 13.5. The van der Waals surface area contributed by atoms with Crippen molar-refractivity contribution in [1.29, 1.82) is 0 Å². The number of urea groups is 1. The van der Waals surface area contributed by atoms with E-state index in [-0.39, 0.29) is 17.2 Å². The Kier molecular flexibility index (Phi) is 4.57. The van der Waals surface area contributed by atoms with Gasteiger partial charge in [0.1, 0.15) is 11.2 Å². The van der Waals surface area contributed by atoms with E-state index >= 15 is 0 Å². The Morgan fingerprint density at radius 1 is 1.26 bits per heavy atom. The van der Waals surface area contributed by atoms with E-state index in [0.717, 1.165) is 28.1 Å². The topological polar surface area (TPSA) is 32.3 Å². The zero-order valence-corrected chi connectivity index (χ0v) is 14.0. The number of anilines is 1. The summed E-state index contributed by atoms with van der Waals surface area (Å²) in [7, 11) is 0. The van der Waals surface area contributed by atoms with Crippen LogP contribution in [0.15, 0.2) is 42.5 Å². The quantitative estimate of drug-likeness (QED) is 0.864. The fourth-order valence-corrected chi connectivity index (χ4v) is 4.00. The molecule has 2 aromatic rings. The average molecular weight is 330 g/mol. The Labute approximate surface area is 139 Å². The van der Waals surface area contributed by atoms with Crippen LogP contribution in [0.25, 0.3) is 0 Å². The van der Waals surface area contributed by atoms with E-state index < -0.39 is 0 Å². The van der Waals surface area contributed by atoms with Crippen LogP contribution in [0.3, 0.4) is 0 Å². The third kappa shape index (κ3) is 3.50. The minimum absolute atomic E-state index is 0.142. The molecule has 1 aliphatic heterocycles. The molecule has 3 nitrogen and oxygen atoms in total. The first-order valence-electron chi connectivity index (χ1n) is 7.56. The predicted octanol–water partition coefficient (Wildman–Crippen LogP) is 4.72. The van der Waals surface area contributed by atoms with Crippen molar-refractivity contribution in [3.8, 4) is 0 Å². The summed E-state index contributed by atoms with van der Waals surface area (Å²) in [6, 6.07) is 12.3. The second kappa shape index (κ2) is 6.62. The van der Waals surface area contributed by atoms with Gasteiger partial charge in [0, 0.05) is 18.0 Å². The van der Waals surface area contributed by atoms with Crippen molar-refractivity contribution in [2.24, 2.45) is 0 Å². The van der Waals surface area contributed by atoms with Crippen molar-refractivity contribution in [2.75, 3.05) is 17.6 Å². The first kappa shape index (κ1) is 15.9. The number of carbonyl (C=O) groups excluding carboxylic acids is 1. The Morgan fingerprint density at radius 3 is 2.83 bits per heavy atom. The average Bonchev–Trinajstić information content (AvgIpc) is 2.99. The number of hydrogen-bond donors (Lipinski definition) is 1. The summed E-state index contributed by atoms with van der Waals surface area (Å²) < 4.78 is 13.5. The molecule has 0 aliphatic carbocycles. The van der Waals surface area contributed by atoms with E-state index in [9.17, 15) is 9.18 Å². The van der Waals surface area contributed by atoms with Gasteiger partial charge in [0.25, 0.3) is 0 Å². The molecule has 3 rings (SSSR count). The molecular formula is C18H19FN2OS. The van der Waals surface area contributed by atoms with Crippen LogP contribution in [0.1, 0.15) is 22.1 Å².